The number of carbonyl (C=O) groups excluding carboxylic acids is 2. The van der Waals surface area contributed by atoms with Crippen molar-refractivity contribution in [3.05, 3.63) is 16.3 Å². The van der Waals surface area contributed by atoms with Gasteiger partial charge in [-0.3, -0.25) is 9.59 Å². The lowest BCUT2D eigenvalue weighted by Crippen LogP contribution is -2.47. The van der Waals surface area contributed by atoms with Gasteiger partial charge in [0.2, 0.25) is 0 Å². The number of ether oxygens (including phenoxy) is 1. The van der Waals surface area contributed by atoms with Gasteiger partial charge in [0.05, 0.1) is 10.6 Å². The minimum atomic E-state index is -0.990. The van der Waals surface area contributed by atoms with E-state index >= 15 is 0 Å². The molecule has 1 unspecified atom stereocenters. The van der Waals surface area contributed by atoms with Crippen molar-refractivity contribution in [1.29, 1.82) is 5.41 Å². The standard InChI is InChI=1S/C15H19NO3S/c1-4-5-6-9(17)12(16)11-13-10(7-8-20-13)19-15(2,3)14(11)18/h7-8,11,16H,4-6H2,1-3H3. The zero-order chi connectivity index (χ0) is 14.9. The molecule has 1 aromatic rings. The molecule has 0 amide bonds. The fourth-order valence-corrected chi connectivity index (χ4v) is 3.22. The van der Waals surface area contributed by atoms with Gasteiger partial charge in [0.25, 0.3) is 0 Å². The van der Waals surface area contributed by atoms with Crippen LogP contribution in [0.1, 0.15) is 50.8 Å². The molecule has 4 nitrogen and oxygen atoms in total. The Labute approximate surface area is 122 Å². The number of Topliss-reactive ketones (excluding diaryl/α,β-unsaturated/α-hetero) is 2. The van der Waals surface area contributed by atoms with Crippen LogP contribution in [-0.2, 0) is 9.59 Å². The molecule has 0 saturated carbocycles. The average Bonchev–Trinajstić information content (AvgIpc) is 2.83. The van der Waals surface area contributed by atoms with Crippen LogP contribution in [0.5, 0.6) is 5.75 Å². The number of rotatable bonds is 5. The quantitative estimate of drug-likeness (QED) is 0.846. The van der Waals surface area contributed by atoms with Crippen LogP contribution in [0.25, 0.3) is 0 Å². The van der Waals surface area contributed by atoms with Crippen molar-refractivity contribution >= 4 is 28.6 Å². The average molecular weight is 293 g/mol. The van der Waals surface area contributed by atoms with Gasteiger partial charge in [0.15, 0.2) is 17.2 Å². The fourth-order valence-electron chi connectivity index (χ4n) is 2.29. The van der Waals surface area contributed by atoms with Gasteiger partial charge in [-0.15, -0.1) is 11.3 Å². The zero-order valence-corrected chi connectivity index (χ0v) is 12.8. The summed E-state index contributed by atoms with van der Waals surface area (Å²) in [5, 5.41) is 9.95. The summed E-state index contributed by atoms with van der Waals surface area (Å²) in [5.74, 6) is -0.583. The van der Waals surface area contributed by atoms with Crippen LogP contribution in [0.3, 0.4) is 0 Å². The van der Waals surface area contributed by atoms with Crippen molar-refractivity contribution in [3.63, 3.8) is 0 Å². The molecule has 1 aliphatic heterocycles. The summed E-state index contributed by atoms with van der Waals surface area (Å²) in [4.78, 5) is 25.3. The van der Waals surface area contributed by atoms with Gasteiger partial charge in [-0.2, -0.15) is 0 Å². The van der Waals surface area contributed by atoms with Gasteiger partial charge < -0.3 is 10.1 Å². The van der Waals surface area contributed by atoms with Crippen LogP contribution in [0.15, 0.2) is 11.4 Å². The van der Waals surface area contributed by atoms with E-state index in [9.17, 15) is 9.59 Å². The number of hydrogen-bond donors (Lipinski definition) is 1. The summed E-state index contributed by atoms with van der Waals surface area (Å²) in [7, 11) is 0. The highest BCUT2D eigenvalue weighted by molar-refractivity contribution is 7.10. The summed E-state index contributed by atoms with van der Waals surface area (Å²) in [6.07, 6.45) is 1.98. The first-order valence-electron chi connectivity index (χ1n) is 6.81. The molecule has 5 heteroatoms. The highest BCUT2D eigenvalue weighted by Gasteiger charge is 2.46. The van der Waals surface area contributed by atoms with E-state index in [4.69, 9.17) is 10.1 Å². The first-order valence-corrected chi connectivity index (χ1v) is 7.68. The van der Waals surface area contributed by atoms with Gasteiger partial charge in [-0.25, -0.2) is 0 Å². The Morgan fingerprint density at radius 3 is 2.85 bits per heavy atom. The Morgan fingerprint density at radius 2 is 2.20 bits per heavy atom. The monoisotopic (exact) mass is 293 g/mol. The molecule has 0 bridgehead atoms. The van der Waals surface area contributed by atoms with Crippen molar-refractivity contribution in [3.8, 4) is 5.75 Å². The predicted molar refractivity (Wildman–Crippen MR) is 79.0 cm³/mol. The Balaban J connectivity index is 2.33. The van der Waals surface area contributed by atoms with Gasteiger partial charge in [0.1, 0.15) is 11.7 Å². The van der Waals surface area contributed by atoms with Crippen molar-refractivity contribution in [2.24, 2.45) is 0 Å². The number of fused-ring (bicyclic) bond motifs is 1. The van der Waals surface area contributed by atoms with E-state index in [0.29, 0.717) is 17.0 Å². The van der Waals surface area contributed by atoms with Crippen LogP contribution in [0.4, 0.5) is 0 Å². The number of hydrogen-bond acceptors (Lipinski definition) is 5. The molecule has 0 aliphatic carbocycles. The minimum Gasteiger partial charge on any atom is -0.479 e. The predicted octanol–water partition coefficient (Wildman–Crippen LogP) is 3.35. The second-order valence-corrected chi connectivity index (χ2v) is 6.45. The molecule has 2 rings (SSSR count). The van der Waals surface area contributed by atoms with Crippen molar-refractivity contribution in [1.82, 2.24) is 0 Å². The van der Waals surface area contributed by atoms with E-state index in [0.717, 1.165) is 12.8 Å². The largest absolute Gasteiger partial charge is 0.479 e. The van der Waals surface area contributed by atoms with E-state index in [1.165, 1.54) is 11.3 Å². The van der Waals surface area contributed by atoms with Gasteiger partial charge >= 0.3 is 0 Å². The molecule has 108 valence electrons. The van der Waals surface area contributed by atoms with Gasteiger partial charge in [-0.1, -0.05) is 13.3 Å². The molecule has 1 N–H and O–H groups in total. The molecule has 1 atom stereocenters. The summed E-state index contributed by atoms with van der Waals surface area (Å²) in [6.45, 7) is 5.37. The second kappa shape index (κ2) is 5.48. The molecule has 0 saturated heterocycles. The van der Waals surface area contributed by atoms with E-state index in [1.807, 2.05) is 12.3 Å². The Kier molecular flexibility index (Phi) is 4.09. The van der Waals surface area contributed by atoms with Crippen molar-refractivity contribution < 1.29 is 14.3 Å². The molecule has 0 aromatic carbocycles. The molecule has 20 heavy (non-hydrogen) atoms. The van der Waals surface area contributed by atoms with Crippen LogP contribution in [0.2, 0.25) is 0 Å². The zero-order valence-electron chi connectivity index (χ0n) is 12.0. The molecular weight excluding hydrogens is 274 g/mol. The number of unbranched alkanes of at least 4 members (excludes halogenated alkanes) is 1. The Bertz CT molecular complexity index is 559. The summed E-state index contributed by atoms with van der Waals surface area (Å²) >= 11 is 1.37. The SMILES string of the molecule is CCCCC(=O)C(=N)C1C(=O)C(C)(C)Oc2ccsc21. The van der Waals surface area contributed by atoms with E-state index in [-0.39, 0.29) is 17.3 Å². The van der Waals surface area contributed by atoms with Gasteiger partial charge in [-0.05, 0) is 31.7 Å². The Hall–Kier alpha value is -1.49. The number of thiophene rings is 1. The topological polar surface area (TPSA) is 67.2 Å². The van der Waals surface area contributed by atoms with Crippen LogP contribution < -0.4 is 4.74 Å². The van der Waals surface area contributed by atoms with Gasteiger partial charge in [0, 0.05) is 6.42 Å². The lowest BCUT2D eigenvalue weighted by molar-refractivity contribution is -0.134. The first kappa shape index (κ1) is 14.9. The third-order valence-corrected chi connectivity index (χ3v) is 4.45. The maximum atomic E-state index is 12.5. The van der Waals surface area contributed by atoms with E-state index < -0.39 is 11.5 Å². The second-order valence-electron chi connectivity index (χ2n) is 5.50. The normalized spacial score (nSPS) is 20.1. The molecule has 1 aliphatic rings. The molecule has 0 spiro atoms. The number of ketones is 2. The minimum absolute atomic E-state index is 0.0940. The lowest BCUT2D eigenvalue weighted by atomic mass is 9.82. The fraction of sp³-hybridized carbons (Fsp3) is 0.533. The van der Waals surface area contributed by atoms with Crippen molar-refractivity contribution in [2.45, 2.75) is 51.6 Å². The van der Waals surface area contributed by atoms with Crippen LogP contribution >= 0.6 is 11.3 Å². The van der Waals surface area contributed by atoms with E-state index in [2.05, 4.69) is 0 Å². The maximum Gasteiger partial charge on any atom is 0.190 e. The highest BCUT2D eigenvalue weighted by atomic mass is 32.1. The summed E-state index contributed by atoms with van der Waals surface area (Å²) < 4.78 is 5.67. The third-order valence-electron chi connectivity index (χ3n) is 3.49. The summed E-state index contributed by atoms with van der Waals surface area (Å²) in [5.41, 5.74) is -1.08. The molecular formula is C15H19NO3S. The van der Waals surface area contributed by atoms with E-state index in [1.54, 1.807) is 19.9 Å². The highest BCUT2D eigenvalue weighted by Crippen LogP contribution is 2.42. The summed E-state index contributed by atoms with van der Waals surface area (Å²) in [6, 6.07) is 1.80. The smallest absolute Gasteiger partial charge is 0.190 e. The third kappa shape index (κ3) is 2.54. The maximum absolute atomic E-state index is 12.5. The first-order chi connectivity index (χ1) is 9.38. The number of carbonyl (C=O) groups is 2. The molecule has 0 fully saturated rings. The molecule has 1 aromatic heterocycles. The molecule has 2 heterocycles. The van der Waals surface area contributed by atoms with Crippen molar-refractivity contribution in [2.75, 3.05) is 0 Å². The number of nitrogens with one attached hydrogen (secondary N) is 1. The van der Waals surface area contributed by atoms with Crippen LogP contribution in [-0.4, -0.2) is 22.9 Å². The lowest BCUT2D eigenvalue weighted by Gasteiger charge is -2.34. The Morgan fingerprint density at radius 1 is 1.50 bits per heavy atom. The molecule has 0 radical (unpaired) electrons. The van der Waals surface area contributed by atoms with Crippen LogP contribution in [0, 0.1) is 5.41 Å².